The van der Waals surface area contributed by atoms with E-state index in [1.54, 1.807) is 0 Å². The first-order chi connectivity index (χ1) is 20.4. The standard InChI is InChI=1S/C33H40N6O3/c1-5-10-25-14-6-7-16-38(25)32(40)24-13-8-11-22(17-24)23-12-9-15-26(18-23)39-31(30(21(2)35-39)33(41)42-4)28-19-27(28)29-20-37(3)36-34-29/h8-9,11-13,15,17-18,20,25,27-28,34,36H,5-7,10,14,16,19H2,1-4H3/t25-,27?,28?/m1/s1. The molecule has 1 saturated heterocycles. The molecule has 42 heavy (non-hydrogen) atoms. The second kappa shape index (κ2) is 11.6. The van der Waals surface area contributed by atoms with Gasteiger partial charge in [-0.15, -0.1) is 5.53 Å². The van der Waals surface area contributed by atoms with Crippen LogP contribution in [0.1, 0.15) is 83.5 Å². The molecule has 9 nitrogen and oxygen atoms in total. The number of hydrogen-bond donors (Lipinski definition) is 2. The van der Waals surface area contributed by atoms with Gasteiger partial charge in [-0.05, 0) is 74.4 Å². The minimum absolute atomic E-state index is 0.119. The number of carbonyl (C=O) groups excluding carboxylic acids is 2. The van der Waals surface area contributed by atoms with Crippen LogP contribution in [0.15, 0.2) is 60.4 Å². The fourth-order valence-electron chi connectivity index (χ4n) is 6.61. The maximum atomic E-state index is 13.6. The maximum Gasteiger partial charge on any atom is 0.341 e. The zero-order chi connectivity index (χ0) is 29.4. The van der Waals surface area contributed by atoms with E-state index in [4.69, 9.17) is 9.84 Å². The zero-order valence-electron chi connectivity index (χ0n) is 24.9. The van der Waals surface area contributed by atoms with E-state index in [1.807, 2.05) is 66.3 Å². The van der Waals surface area contributed by atoms with Crippen LogP contribution in [0.3, 0.4) is 0 Å². The Labute approximate surface area is 247 Å². The van der Waals surface area contributed by atoms with Crippen molar-refractivity contribution >= 4 is 11.9 Å². The molecule has 3 aromatic rings. The van der Waals surface area contributed by atoms with Gasteiger partial charge in [-0.2, -0.15) is 5.10 Å². The summed E-state index contributed by atoms with van der Waals surface area (Å²) in [5.41, 5.74) is 13.0. The van der Waals surface area contributed by atoms with Crippen LogP contribution in [0.5, 0.6) is 0 Å². The maximum absolute atomic E-state index is 13.6. The number of piperidine rings is 1. The van der Waals surface area contributed by atoms with E-state index in [1.165, 1.54) is 13.5 Å². The topological polar surface area (TPSA) is 91.7 Å². The quantitative estimate of drug-likeness (QED) is 0.355. The Morgan fingerprint density at radius 2 is 1.86 bits per heavy atom. The summed E-state index contributed by atoms with van der Waals surface area (Å²) >= 11 is 0. The lowest BCUT2D eigenvalue weighted by atomic mass is 9.96. The molecule has 0 radical (unpaired) electrons. The minimum atomic E-state index is -0.371. The van der Waals surface area contributed by atoms with Crippen LogP contribution < -0.4 is 11.0 Å². The molecule has 0 bridgehead atoms. The molecule has 2 aliphatic heterocycles. The lowest BCUT2D eigenvalue weighted by Crippen LogP contribution is -2.43. The highest BCUT2D eigenvalue weighted by atomic mass is 16.5. The third-order valence-corrected chi connectivity index (χ3v) is 8.78. The molecule has 1 aromatic heterocycles. The first-order valence-electron chi connectivity index (χ1n) is 15.1. The fraction of sp³-hybridized carbons (Fsp3) is 0.424. The Morgan fingerprint density at radius 1 is 1.07 bits per heavy atom. The Hall–Kier alpha value is -4.11. The van der Waals surface area contributed by atoms with Crippen molar-refractivity contribution in [1.29, 1.82) is 0 Å². The smallest absolute Gasteiger partial charge is 0.341 e. The molecule has 9 heteroatoms. The molecule has 2 N–H and O–H groups in total. The summed E-state index contributed by atoms with van der Waals surface area (Å²) in [7, 11) is 3.35. The van der Waals surface area contributed by atoms with E-state index in [0.717, 1.165) is 72.4 Å². The number of methoxy groups -OCH3 is 1. The number of ether oxygens (including phenoxy) is 1. The number of nitrogens with one attached hydrogen (secondary N) is 2. The van der Waals surface area contributed by atoms with Gasteiger partial charge in [0.05, 0.1) is 24.2 Å². The summed E-state index contributed by atoms with van der Waals surface area (Å²) < 4.78 is 7.09. The van der Waals surface area contributed by atoms with Crippen LogP contribution in [0, 0.1) is 12.8 Å². The summed E-state index contributed by atoms with van der Waals surface area (Å²) in [6, 6.07) is 16.4. The van der Waals surface area contributed by atoms with Crippen molar-refractivity contribution in [2.24, 2.45) is 5.92 Å². The zero-order valence-corrected chi connectivity index (χ0v) is 24.9. The Bertz CT molecular complexity index is 1530. The highest BCUT2D eigenvalue weighted by Gasteiger charge is 2.47. The van der Waals surface area contributed by atoms with E-state index < -0.39 is 0 Å². The number of esters is 1. The van der Waals surface area contributed by atoms with E-state index in [9.17, 15) is 9.59 Å². The number of hydrogen-bond acceptors (Lipinski definition) is 7. The number of rotatable bonds is 8. The Balaban J connectivity index is 1.33. The molecule has 3 atom stereocenters. The van der Waals surface area contributed by atoms with Gasteiger partial charge in [0, 0.05) is 48.9 Å². The molecular formula is C33H40N6O3. The van der Waals surface area contributed by atoms with Gasteiger partial charge in [-0.1, -0.05) is 37.6 Å². The van der Waals surface area contributed by atoms with E-state index in [-0.39, 0.29) is 23.7 Å². The fourth-order valence-corrected chi connectivity index (χ4v) is 6.61. The van der Waals surface area contributed by atoms with E-state index in [0.29, 0.717) is 17.3 Å². The molecule has 2 unspecified atom stereocenters. The lowest BCUT2D eigenvalue weighted by Gasteiger charge is -2.36. The monoisotopic (exact) mass is 568 g/mol. The number of carbonyl (C=O) groups is 2. The third kappa shape index (κ3) is 5.29. The molecule has 220 valence electrons. The highest BCUT2D eigenvalue weighted by molar-refractivity contribution is 5.96. The summed E-state index contributed by atoms with van der Waals surface area (Å²) in [4.78, 5) is 28.6. The number of amides is 1. The summed E-state index contributed by atoms with van der Waals surface area (Å²) in [5, 5.41) is 6.72. The van der Waals surface area contributed by atoms with Gasteiger partial charge in [-0.25, -0.2) is 9.48 Å². The molecule has 1 saturated carbocycles. The molecular weight excluding hydrogens is 528 g/mol. The number of aryl methyl sites for hydroxylation is 1. The molecule has 6 rings (SSSR count). The van der Waals surface area contributed by atoms with Crippen LogP contribution in [-0.2, 0) is 4.74 Å². The first kappa shape index (κ1) is 28.0. The predicted molar refractivity (Wildman–Crippen MR) is 162 cm³/mol. The first-order valence-corrected chi connectivity index (χ1v) is 15.1. The molecule has 0 spiro atoms. The molecule has 1 amide bonds. The van der Waals surface area contributed by atoms with Gasteiger partial charge in [0.25, 0.3) is 5.91 Å². The van der Waals surface area contributed by atoms with Gasteiger partial charge in [-0.3, -0.25) is 9.80 Å². The molecule has 2 fully saturated rings. The number of likely N-dealkylation sites (tertiary alicyclic amines) is 1. The third-order valence-electron chi connectivity index (χ3n) is 8.78. The largest absolute Gasteiger partial charge is 0.465 e. The van der Waals surface area contributed by atoms with E-state index in [2.05, 4.69) is 34.9 Å². The normalized spacial score (nSPS) is 21.6. The summed E-state index contributed by atoms with van der Waals surface area (Å²) in [6.07, 6.45) is 8.42. The number of nitrogens with zero attached hydrogens (tertiary/aromatic N) is 4. The predicted octanol–water partition coefficient (Wildman–Crippen LogP) is 5.33. The second-order valence-electron chi connectivity index (χ2n) is 11.7. The van der Waals surface area contributed by atoms with Crippen LogP contribution in [0.25, 0.3) is 16.8 Å². The van der Waals surface area contributed by atoms with E-state index >= 15 is 0 Å². The van der Waals surface area contributed by atoms with Gasteiger partial charge in [0.1, 0.15) is 5.56 Å². The number of aromatic nitrogens is 2. The van der Waals surface area contributed by atoms with Crippen molar-refractivity contribution in [1.82, 2.24) is 30.6 Å². The van der Waals surface area contributed by atoms with Crippen LogP contribution in [0.4, 0.5) is 0 Å². The van der Waals surface area contributed by atoms with Crippen molar-refractivity contribution in [2.45, 2.75) is 64.3 Å². The van der Waals surface area contributed by atoms with Crippen molar-refractivity contribution in [3.05, 3.63) is 82.9 Å². The number of benzene rings is 2. The van der Waals surface area contributed by atoms with Crippen molar-refractivity contribution in [3.8, 4) is 16.8 Å². The molecule has 2 aromatic carbocycles. The van der Waals surface area contributed by atoms with Crippen LogP contribution in [0.2, 0.25) is 0 Å². The van der Waals surface area contributed by atoms with Crippen molar-refractivity contribution in [2.75, 3.05) is 20.7 Å². The average molecular weight is 569 g/mol. The molecule has 1 aliphatic carbocycles. The average Bonchev–Trinajstić information content (AvgIpc) is 3.56. The van der Waals surface area contributed by atoms with Gasteiger partial charge < -0.3 is 15.1 Å². The van der Waals surface area contributed by atoms with Crippen molar-refractivity contribution < 1.29 is 14.3 Å². The minimum Gasteiger partial charge on any atom is -0.465 e. The molecule has 3 heterocycles. The lowest BCUT2D eigenvalue weighted by molar-refractivity contribution is 0.0591. The summed E-state index contributed by atoms with van der Waals surface area (Å²) in [6.45, 7) is 4.87. The van der Waals surface area contributed by atoms with Crippen LogP contribution >= 0.6 is 0 Å². The SMILES string of the molecule is CCC[C@@H]1CCCCN1C(=O)c1cccc(-c2cccc(-n3nc(C)c(C(=O)OC)c3C3CC3C3=CN(C)NN3)c2)c1. The highest BCUT2D eigenvalue weighted by Crippen LogP contribution is 2.53. The van der Waals surface area contributed by atoms with Crippen LogP contribution in [-0.4, -0.2) is 58.3 Å². The van der Waals surface area contributed by atoms with Gasteiger partial charge >= 0.3 is 5.97 Å². The summed E-state index contributed by atoms with van der Waals surface area (Å²) in [5.74, 6) is 0.119. The molecule has 3 aliphatic rings. The van der Waals surface area contributed by atoms with Gasteiger partial charge in [0.2, 0.25) is 0 Å². The number of allylic oxidation sites excluding steroid dienone is 1. The number of hydrazine groups is 2. The van der Waals surface area contributed by atoms with Gasteiger partial charge in [0.15, 0.2) is 0 Å². The Morgan fingerprint density at radius 3 is 2.60 bits per heavy atom. The Kier molecular flexibility index (Phi) is 7.77. The second-order valence-corrected chi connectivity index (χ2v) is 11.7. The van der Waals surface area contributed by atoms with Crippen molar-refractivity contribution in [3.63, 3.8) is 0 Å².